The van der Waals surface area contributed by atoms with Crippen molar-refractivity contribution in [3.63, 3.8) is 0 Å². The van der Waals surface area contributed by atoms with E-state index in [4.69, 9.17) is 15.1 Å². The molecule has 1 unspecified atom stereocenters. The van der Waals surface area contributed by atoms with Crippen molar-refractivity contribution < 1.29 is 38.1 Å². The minimum Gasteiger partial charge on any atom is -0.358 e. The minimum atomic E-state index is -3.38. The van der Waals surface area contributed by atoms with Crippen LogP contribution < -0.4 is 43.5 Å². The number of fused-ring (bicyclic) bond motifs is 8. The summed E-state index contributed by atoms with van der Waals surface area (Å²) in [6, 6.07) is 39.2. The first-order chi connectivity index (χ1) is 66.3. The highest BCUT2D eigenvalue weighted by atomic mass is 19.1. The molecule has 12 aromatic heterocycles. The highest BCUT2D eigenvalue weighted by Gasteiger charge is 2.29. The van der Waals surface area contributed by atoms with Gasteiger partial charge in [0.15, 0.2) is 45.9 Å². The summed E-state index contributed by atoms with van der Waals surface area (Å²) in [5, 5.41) is 10.1. The number of imidazole rings is 4. The Kier molecular flexibility index (Phi) is 18.0. The number of hydrogen-bond acceptors (Lipinski definition) is 24. The van der Waals surface area contributed by atoms with Gasteiger partial charge in [0.2, 0.25) is 0 Å². The zero-order valence-corrected chi connectivity index (χ0v) is 64.5. The maximum Gasteiger partial charge on any atom is 0.269 e. The van der Waals surface area contributed by atoms with Crippen LogP contribution in [0.4, 0.5) is 40.8 Å². The number of rotatable bonds is 20. The number of benzene rings is 8. The second-order valence-electron chi connectivity index (χ2n) is 26.5. The molecule has 8 aromatic carbocycles. The number of H-pyrrole nitrogens is 4. The van der Waals surface area contributed by atoms with E-state index >= 15 is 0 Å². The second-order valence-corrected chi connectivity index (χ2v) is 26.5. The highest BCUT2D eigenvalue weighted by molar-refractivity contribution is 5.87. The molecule has 5 atom stereocenters. The number of para-hydroxylation sites is 4. The fraction of sp³-hybridized carbons (Fsp3) is 0.136. The van der Waals surface area contributed by atoms with E-state index in [1.54, 1.807) is 104 Å². The molecule has 0 saturated carbocycles. The number of nitrogens with one attached hydrogen (secondary N) is 8. The van der Waals surface area contributed by atoms with Crippen molar-refractivity contribution >= 4 is 112 Å². The first kappa shape index (κ1) is 63.5. The maximum absolute atomic E-state index is 14.8. The van der Waals surface area contributed by atoms with Gasteiger partial charge in [0.25, 0.3) is 22.2 Å². The van der Waals surface area contributed by atoms with Crippen molar-refractivity contribution in [2.45, 2.75) is 77.2 Å². The van der Waals surface area contributed by atoms with E-state index in [1.807, 2.05) is 6.07 Å². The van der Waals surface area contributed by atoms with Gasteiger partial charge in [-0.1, -0.05) is 125 Å². The minimum absolute atomic E-state index is 0.00392. The number of anilines is 4. The first-order valence-electron chi connectivity index (χ1n) is 45.1. The van der Waals surface area contributed by atoms with Crippen LogP contribution >= 0.6 is 0 Å². The number of aromatic nitrogens is 24. The summed E-state index contributed by atoms with van der Waals surface area (Å²) in [6.45, 7) is -3.37. The fourth-order valence-corrected chi connectivity index (χ4v) is 13.5. The zero-order chi connectivity index (χ0) is 98.6. The number of nitrogens with zero attached hydrogens (tertiary/aromatic N) is 20. The van der Waals surface area contributed by atoms with Crippen molar-refractivity contribution in [1.29, 1.82) is 0 Å². The van der Waals surface area contributed by atoms with Crippen LogP contribution in [0.3, 0.4) is 0 Å². The predicted octanol–water partition coefficient (Wildman–Crippen LogP) is 15.0. The molecule has 8 N–H and O–H groups in total. The van der Waals surface area contributed by atoms with Crippen LogP contribution in [-0.4, -0.2) is 118 Å². The zero-order valence-electron chi connectivity index (χ0n) is 79.5. The van der Waals surface area contributed by atoms with Crippen LogP contribution in [0, 0.1) is 23.3 Å². The van der Waals surface area contributed by atoms with Gasteiger partial charge in [-0.15, -0.1) is 0 Å². The molecule has 12 heterocycles. The molecule has 124 heavy (non-hydrogen) atoms. The molecule has 0 aliphatic rings. The van der Waals surface area contributed by atoms with E-state index in [2.05, 4.69) is 121 Å². The van der Waals surface area contributed by atoms with Gasteiger partial charge in [-0.25, -0.2) is 97.3 Å². The van der Waals surface area contributed by atoms with E-state index < -0.39 is 119 Å². The normalized spacial score (nSPS) is 15.8. The molecule has 20 rings (SSSR count). The Hall–Kier alpha value is -16.6. The molecule has 0 amide bonds. The van der Waals surface area contributed by atoms with Gasteiger partial charge in [0, 0.05) is 15.1 Å². The molecule has 0 bridgehead atoms. The van der Waals surface area contributed by atoms with Crippen molar-refractivity contribution in [3.05, 3.63) is 333 Å². The van der Waals surface area contributed by atoms with Crippen LogP contribution in [0.5, 0.6) is 0 Å². The van der Waals surface area contributed by atoms with Crippen LogP contribution in [0.1, 0.15) is 121 Å². The van der Waals surface area contributed by atoms with Crippen LogP contribution in [0.15, 0.2) is 264 Å². The summed E-state index contributed by atoms with van der Waals surface area (Å²) in [4.78, 5) is 132. The quantitative estimate of drug-likeness (QED) is 0.0329. The van der Waals surface area contributed by atoms with E-state index in [1.165, 1.54) is 122 Å². The lowest BCUT2D eigenvalue weighted by molar-refractivity contribution is 0.629. The van der Waals surface area contributed by atoms with Crippen molar-refractivity contribution in [2.75, 3.05) is 21.3 Å². The summed E-state index contributed by atoms with van der Waals surface area (Å²) in [6.07, 6.45) is 2.75. The van der Waals surface area contributed by atoms with Gasteiger partial charge >= 0.3 is 0 Å². The van der Waals surface area contributed by atoms with Crippen molar-refractivity contribution in [3.8, 4) is 22.7 Å². The molecule has 0 radical (unpaired) electrons. The van der Waals surface area contributed by atoms with Gasteiger partial charge in [-0.2, -0.15) is 0 Å². The molecule has 0 aliphatic heterocycles. The van der Waals surface area contributed by atoms with Crippen molar-refractivity contribution in [2.24, 2.45) is 0 Å². The smallest absolute Gasteiger partial charge is 0.269 e. The summed E-state index contributed by atoms with van der Waals surface area (Å²) in [7, 11) is 0. The van der Waals surface area contributed by atoms with Gasteiger partial charge in [-0.05, 0) is 123 Å². The third-order valence-electron chi connectivity index (χ3n) is 19.2. The molecule has 0 fully saturated rings. The SMILES string of the molecule is [2H]C(C([2H])([2H])[2H])[C@]([2H])(Nc1ncnc2nc[nH]c12)c1nc2cccc(F)c2c(=O)n1-c1ccccc1.[2H]C([2H])(C)[C@]([2H])(Nc1ncnc2nc[nH]c12)c1nc2cccc(F)c2c(=O)n1-c1ccccc1.[2H]C([2H])([2H])C([2H])([2H])[C@]([2H])(Nc1ncnc2nc[nH]c12)c1nc2cccc(F)c2c(=O)n1-c1ccccc1.[2H][C@@](CC)(Nc1ncnc2nc[nH]c12)c1nc2cccc(F)c2c(=O)n1-c1ccccc1. The number of hydrogen-bond donors (Lipinski definition) is 8. The first-order valence-corrected chi connectivity index (χ1v) is 37.5. The Bertz CT molecular complexity index is 8340. The molecule has 0 saturated heterocycles. The molecule has 32 nitrogen and oxygen atoms in total. The third kappa shape index (κ3) is 15.6. The molecular formula is C88H72F4N28O4. The Balaban J connectivity index is 0.000000128. The monoisotopic (exact) mass is 1680 g/mol. The largest absolute Gasteiger partial charge is 0.358 e. The predicted molar refractivity (Wildman–Crippen MR) is 463 cm³/mol. The van der Waals surface area contributed by atoms with E-state index in [0.29, 0.717) is 39.5 Å². The Labute approximate surface area is 719 Å². The molecule has 36 heteroatoms. The summed E-state index contributed by atoms with van der Waals surface area (Å²) in [5.41, 5.74) is 0.327. The van der Waals surface area contributed by atoms with Crippen LogP contribution in [0.25, 0.3) is 111 Å². The Morgan fingerprint density at radius 1 is 0.331 bits per heavy atom. The lowest BCUT2D eigenvalue weighted by Gasteiger charge is -2.22. The highest BCUT2D eigenvalue weighted by Crippen LogP contribution is 2.33. The molecule has 20 aromatic rings. The van der Waals surface area contributed by atoms with E-state index in [9.17, 15) is 42.2 Å². The third-order valence-corrected chi connectivity index (χ3v) is 19.2. The molecule has 0 spiro atoms. The average Bonchev–Trinajstić information content (AvgIpc) is 1.22. The standard InChI is InChI=1S/4C22H18FN7O/c4*1-2-15(28-20-18-19(25-11-24-18)26-12-27-20)21-29-16-10-6-9-14(23)17(16)22(31)30(21)13-7-4-3-5-8-13/h4*3-12,15H,2H2,1H3,(H2,24,25,26,27,28)/t4*15-/m0000/s1/i1D3,2D2,15D;1D3,2D,15D;2D2,15D;15D/tm;2?,15-;2m. The van der Waals surface area contributed by atoms with Gasteiger partial charge in [0.05, 0.1) is 99.7 Å². The lowest BCUT2D eigenvalue weighted by Crippen LogP contribution is -2.28. The summed E-state index contributed by atoms with van der Waals surface area (Å²) < 4.78 is 191. The Morgan fingerprint density at radius 2 is 0.597 bits per heavy atom. The van der Waals surface area contributed by atoms with Crippen LogP contribution in [0.2, 0.25) is 0 Å². The van der Waals surface area contributed by atoms with E-state index in [-0.39, 0.29) is 107 Å². The summed E-state index contributed by atoms with van der Waals surface area (Å²) >= 11 is 0. The average molecular weight is 1680 g/mol. The Morgan fingerprint density at radius 3 is 0.871 bits per heavy atom. The van der Waals surface area contributed by atoms with Crippen LogP contribution in [-0.2, 0) is 0 Å². The van der Waals surface area contributed by atoms with E-state index in [0.717, 1.165) is 44.6 Å². The number of aromatic amines is 4. The summed E-state index contributed by atoms with van der Waals surface area (Å²) in [5.74, 6) is -4.08. The van der Waals surface area contributed by atoms with Gasteiger partial charge in [-0.3, -0.25) is 37.4 Å². The molecular weight excluding hydrogens is 1590 g/mol. The van der Waals surface area contributed by atoms with Crippen molar-refractivity contribution in [1.82, 2.24) is 118 Å². The second kappa shape index (κ2) is 35.2. The maximum atomic E-state index is 14.8. The van der Waals surface area contributed by atoms with Gasteiger partial charge in [0.1, 0.15) is 115 Å². The lowest BCUT2D eigenvalue weighted by atomic mass is 10.1. The fourth-order valence-electron chi connectivity index (χ4n) is 13.5. The van der Waals surface area contributed by atoms with Gasteiger partial charge < -0.3 is 41.2 Å². The molecule has 616 valence electrons. The topological polar surface area (TPSA) is 406 Å². The number of halogens is 4. The molecule has 0 aliphatic carbocycles.